The third-order valence-corrected chi connectivity index (χ3v) is 2.18. The molecule has 0 radical (unpaired) electrons. The molecule has 3 heteroatoms. The van der Waals surface area contributed by atoms with Crippen LogP contribution in [0.4, 0.5) is 0 Å². The molecule has 0 bridgehead atoms. The molecule has 80 valence electrons. The van der Waals surface area contributed by atoms with Crippen LogP contribution in [0.1, 0.15) is 13.8 Å². The Labute approximate surface area is 82.9 Å². The highest BCUT2D eigenvalue weighted by molar-refractivity contribution is 4.73. The number of likely N-dealkylation sites (N-methyl/N-ethyl adjacent to an activating group) is 2. The highest BCUT2D eigenvalue weighted by atomic mass is 15.2. The largest absolute Gasteiger partial charge is 0.330 e. The second kappa shape index (κ2) is 5.58. The molecule has 0 unspecified atom stereocenters. The number of rotatable bonds is 6. The fourth-order valence-corrected chi connectivity index (χ4v) is 1.25. The van der Waals surface area contributed by atoms with Crippen molar-refractivity contribution in [3.63, 3.8) is 0 Å². The first kappa shape index (κ1) is 12.9. The van der Waals surface area contributed by atoms with Crippen LogP contribution >= 0.6 is 0 Å². The molecule has 0 atom stereocenters. The van der Waals surface area contributed by atoms with Gasteiger partial charge in [-0.2, -0.15) is 0 Å². The van der Waals surface area contributed by atoms with E-state index in [2.05, 4.69) is 44.8 Å². The van der Waals surface area contributed by atoms with Gasteiger partial charge < -0.3 is 15.5 Å². The van der Waals surface area contributed by atoms with E-state index >= 15 is 0 Å². The van der Waals surface area contributed by atoms with E-state index in [1.165, 1.54) is 0 Å². The van der Waals surface area contributed by atoms with Gasteiger partial charge in [0.05, 0.1) is 0 Å². The quantitative estimate of drug-likeness (QED) is 0.656. The topological polar surface area (TPSA) is 32.5 Å². The molecule has 0 aromatic heterocycles. The Hall–Kier alpha value is -0.120. The van der Waals surface area contributed by atoms with E-state index in [4.69, 9.17) is 5.73 Å². The van der Waals surface area contributed by atoms with Gasteiger partial charge in [0.15, 0.2) is 0 Å². The van der Waals surface area contributed by atoms with Gasteiger partial charge in [-0.25, -0.2) is 0 Å². The van der Waals surface area contributed by atoms with E-state index < -0.39 is 0 Å². The lowest BCUT2D eigenvalue weighted by molar-refractivity contribution is 0.200. The van der Waals surface area contributed by atoms with E-state index in [1.807, 2.05) is 0 Å². The lowest BCUT2D eigenvalue weighted by Gasteiger charge is -2.29. The Morgan fingerprint density at radius 1 is 1.08 bits per heavy atom. The predicted octanol–water partition coefficient (Wildman–Crippen LogP) is 0.465. The Kier molecular flexibility index (Phi) is 5.53. The molecule has 0 saturated heterocycles. The molecule has 13 heavy (non-hydrogen) atoms. The van der Waals surface area contributed by atoms with Crippen molar-refractivity contribution in [3.05, 3.63) is 0 Å². The van der Waals surface area contributed by atoms with Crippen LogP contribution in [0.3, 0.4) is 0 Å². The van der Waals surface area contributed by atoms with Crippen molar-refractivity contribution in [1.82, 2.24) is 9.80 Å². The average molecular weight is 187 g/mol. The summed E-state index contributed by atoms with van der Waals surface area (Å²) in [7, 11) is 6.35. The molecule has 0 fully saturated rings. The number of hydrogen-bond donors (Lipinski definition) is 1. The molecule has 0 aliphatic rings. The molecule has 0 heterocycles. The summed E-state index contributed by atoms with van der Waals surface area (Å²) in [6, 6.07) is 0. The third kappa shape index (κ3) is 6.99. The molecule has 0 aromatic rings. The second-order valence-electron chi connectivity index (χ2n) is 4.91. The molecule has 0 aliphatic heterocycles. The van der Waals surface area contributed by atoms with Crippen molar-refractivity contribution >= 4 is 0 Å². The predicted molar refractivity (Wildman–Crippen MR) is 58.9 cm³/mol. The molecule has 0 aliphatic carbocycles. The van der Waals surface area contributed by atoms with Gasteiger partial charge in [-0.1, -0.05) is 13.8 Å². The molecule has 0 spiro atoms. The average Bonchev–Trinajstić information content (AvgIpc) is 2.00. The van der Waals surface area contributed by atoms with Crippen molar-refractivity contribution < 1.29 is 0 Å². The van der Waals surface area contributed by atoms with Crippen LogP contribution in [-0.2, 0) is 0 Å². The lowest BCUT2D eigenvalue weighted by atomic mass is 9.93. The number of nitrogens with two attached hydrogens (primary N) is 1. The minimum absolute atomic E-state index is 0.237. The molecular weight excluding hydrogens is 162 g/mol. The maximum absolute atomic E-state index is 5.67. The summed E-state index contributed by atoms with van der Waals surface area (Å²) in [6.07, 6.45) is 0. The summed E-state index contributed by atoms with van der Waals surface area (Å²) in [6.45, 7) is 8.45. The van der Waals surface area contributed by atoms with Crippen LogP contribution in [-0.4, -0.2) is 57.1 Å². The van der Waals surface area contributed by atoms with Crippen LogP contribution in [0.2, 0.25) is 0 Å². The fraction of sp³-hybridized carbons (Fsp3) is 1.00. The molecule has 3 nitrogen and oxygen atoms in total. The Morgan fingerprint density at radius 2 is 1.62 bits per heavy atom. The molecule has 0 saturated carbocycles. The summed E-state index contributed by atoms with van der Waals surface area (Å²) >= 11 is 0. The van der Waals surface area contributed by atoms with Crippen molar-refractivity contribution in [2.24, 2.45) is 11.1 Å². The van der Waals surface area contributed by atoms with Crippen molar-refractivity contribution in [3.8, 4) is 0 Å². The van der Waals surface area contributed by atoms with Crippen LogP contribution in [0.5, 0.6) is 0 Å². The van der Waals surface area contributed by atoms with Gasteiger partial charge >= 0.3 is 0 Å². The molecule has 0 amide bonds. The first-order valence-corrected chi connectivity index (χ1v) is 4.91. The second-order valence-corrected chi connectivity index (χ2v) is 4.91. The first-order valence-electron chi connectivity index (χ1n) is 4.91. The lowest BCUT2D eigenvalue weighted by Crippen LogP contribution is -2.39. The summed E-state index contributed by atoms with van der Waals surface area (Å²) in [5.74, 6) is 0. The SMILES string of the molecule is CN(C)CCN(C)CC(C)(C)CN. The maximum atomic E-state index is 5.67. The van der Waals surface area contributed by atoms with Crippen LogP contribution < -0.4 is 5.73 Å². The van der Waals surface area contributed by atoms with Gasteiger partial charge in [0.25, 0.3) is 0 Å². The van der Waals surface area contributed by atoms with Crippen LogP contribution in [0, 0.1) is 5.41 Å². The summed E-state index contributed by atoms with van der Waals surface area (Å²) < 4.78 is 0. The zero-order chi connectivity index (χ0) is 10.5. The Balaban J connectivity index is 3.67. The molecule has 0 rings (SSSR count). The minimum Gasteiger partial charge on any atom is -0.330 e. The van der Waals surface area contributed by atoms with Gasteiger partial charge in [-0.15, -0.1) is 0 Å². The normalized spacial score (nSPS) is 12.9. The minimum atomic E-state index is 0.237. The molecule has 0 aromatic carbocycles. The summed E-state index contributed by atoms with van der Waals surface area (Å²) in [4.78, 5) is 4.54. The highest BCUT2D eigenvalue weighted by Gasteiger charge is 2.17. The van der Waals surface area contributed by atoms with Gasteiger partial charge in [-0.3, -0.25) is 0 Å². The maximum Gasteiger partial charge on any atom is 0.0106 e. The van der Waals surface area contributed by atoms with E-state index in [0.717, 1.165) is 26.2 Å². The summed E-state index contributed by atoms with van der Waals surface area (Å²) in [5, 5.41) is 0. The Morgan fingerprint density at radius 3 is 2.00 bits per heavy atom. The number of nitrogens with zero attached hydrogens (tertiary/aromatic N) is 2. The van der Waals surface area contributed by atoms with Crippen molar-refractivity contribution in [2.45, 2.75) is 13.8 Å². The van der Waals surface area contributed by atoms with Gasteiger partial charge in [0, 0.05) is 19.6 Å². The zero-order valence-corrected chi connectivity index (χ0v) is 9.80. The van der Waals surface area contributed by atoms with Crippen molar-refractivity contribution in [1.29, 1.82) is 0 Å². The van der Waals surface area contributed by atoms with Crippen molar-refractivity contribution in [2.75, 3.05) is 47.3 Å². The first-order chi connectivity index (χ1) is 5.87. The van der Waals surface area contributed by atoms with Gasteiger partial charge in [-0.05, 0) is 33.1 Å². The van der Waals surface area contributed by atoms with Crippen LogP contribution in [0.25, 0.3) is 0 Å². The molecular formula is C10H25N3. The Bertz CT molecular complexity index is 132. The fourth-order valence-electron chi connectivity index (χ4n) is 1.25. The van der Waals surface area contributed by atoms with Gasteiger partial charge in [0.2, 0.25) is 0 Å². The highest BCUT2D eigenvalue weighted by Crippen LogP contribution is 2.13. The van der Waals surface area contributed by atoms with Crippen LogP contribution in [0.15, 0.2) is 0 Å². The van der Waals surface area contributed by atoms with E-state index in [9.17, 15) is 0 Å². The van der Waals surface area contributed by atoms with E-state index in [0.29, 0.717) is 0 Å². The summed E-state index contributed by atoms with van der Waals surface area (Å²) in [5.41, 5.74) is 5.91. The standard InChI is InChI=1S/C10H25N3/c1-10(2,8-11)9-13(5)7-6-12(3)4/h6-9,11H2,1-5H3. The number of hydrogen-bond acceptors (Lipinski definition) is 3. The monoisotopic (exact) mass is 187 g/mol. The van der Waals surface area contributed by atoms with E-state index in [-0.39, 0.29) is 5.41 Å². The van der Waals surface area contributed by atoms with Gasteiger partial charge in [0.1, 0.15) is 0 Å². The molecule has 2 N–H and O–H groups in total. The smallest absolute Gasteiger partial charge is 0.0106 e. The zero-order valence-electron chi connectivity index (χ0n) is 9.80. The third-order valence-electron chi connectivity index (χ3n) is 2.18. The van der Waals surface area contributed by atoms with E-state index in [1.54, 1.807) is 0 Å².